The van der Waals surface area contributed by atoms with Gasteiger partial charge in [0.1, 0.15) is 0 Å². The Labute approximate surface area is 156 Å². The zero-order valence-corrected chi connectivity index (χ0v) is 14.8. The first kappa shape index (κ1) is 17.1. The fraction of sp³-hybridized carbons (Fsp3) is 0. The molecule has 0 fully saturated rings. The molecule has 0 bridgehead atoms. The molecular weight excluding hydrogens is 352 g/mol. The predicted octanol–water partition coefficient (Wildman–Crippen LogP) is 5.13. The monoisotopic (exact) mass is 366 g/mol. The topological polar surface area (TPSA) is 41.1 Å². The molecule has 0 spiro atoms. The fourth-order valence-corrected chi connectivity index (χ4v) is 2.65. The highest BCUT2D eigenvalue weighted by Crippen LogP contribution is 2.21. The Bertz CT molecular complexity index is 878. The van der Waals surface area contributed by atoms with E-state index < -0.39 is 0 Å². The van der Waals surface area contributed by atoms with Crippen LogP contribution >= 0.6 is 23.8 Å². The summed E-state index contributed by atoms with van der Waals surface area (Å²) in [6, 6.07) is 24.6. The van der Waals surface area contributed by atoms with Crippen molar-refractivity contribution in [3.05, 3.63) is 89.4 Å². The Morgan fingerprint density at radius 3 is 2.04 bits per heavy atom. The number of amides is 1. The fourth-order valence-electron chi connectivity index (χ4n) is 2.32. The summed E-state index contributed by atoms with van der Waals surface area (Å²) < 4.78 is 0. The van der Waals surface area contributed by atoms with Crippen molar-refractivity contribution in [3.63, 3.8) is 0 Å². The lowest BCUT2D eigenvalue weighted by Crippen LogP contribution is -2.34. The van der Waals surface area contributed by atoms with Gasteiger partial charge in [0.2, 0.25) is 0 Å². The van der Waals surface area contributed by atoms with E-state index in [9.17, 15) is 4.79 Å². The van der Waals surface area contributed by atoms with Gasteiger partial charge >= 0.3 is 0 Å². The van der Waals surface area contributed by atoms with Crippen LogP contribution in [0.15, 0.2) is 78.9 Å². The van der Waals surface area contributed by atoms with Gasteiger partial charge in [-0.1, -0.05) is 54.1 Å². The average Bonchev–Trinajstić information content (AvgIpc) is 2.63. The zero-order chi connectivity index (χ0) is 17.6. The molecule has 2 N–H and O–H groups in total. The van der Waals surface area contributed by atoms with E-state index in [2.05, 4.69) is 22.8 Å². The Balaban J connectivity index is 1.61. The molecule has 1 amide bonds. The number of benzene rings is 3. The van der Waals surface area contributed by atoms with Crippen LogP contribution < -0.4 is 10.6 Å². The summed E-state index contributed by atoms with van der Waals surface area (Å²) >= 11 is 11.0. The van der Waals surface area contributed by atoms with Gasteiger partial charge in [0, 0.05) is 16.3 Å². The minimum atomic E-state index is -0.282. The number of halogens is 1. The van der Waals surface area contributed by atoms with Gasteiger partial charge in [-0.2, -0.15) is 0 Å². The number of thiocarbonyl (C=S) groups is 1. The first-order chi connectivity index (χ1) is 12.1. The maximum Gasteiger partial charge on any atom is 0.257 e. The van der Waals surface area contributed by atoms with Crippen molar-refractivity contribution in [3.8, 4) is 11.1 Å². The van der Waals surface area contributed by atoms with Crippen molar-refractivity contribution in [1.82, 2.24) is 5.32 Å². The molecule has 0 unspecified atom stereocenters. The van der Waals surface area contributed by atoms with Crippen molar-refractivity contribution < 1.29 is 4.79 Å². The normalized spacial score (nSPS) is 10.1. The van der Waals surface area contributed by atoms with E-state index in [1.54, 1.807) is 24.3 Å². The van der Waals surface area contributed by atoms with Gasteiger partial charge in [-0.25, -0.2) is 0 Å². The Morgan fingerprint density at radius 1 is 0.800 bits per heavy atom. The molecule has 25 heavy (non-hydrogen) atoms. The largest absolute Gasteiger partial charge is 0.332 e. The molecule has 5 heteroatoms. The Kier molecular flexibility index (Phi) is 5.43. The number of nitrogens with one attached hydrogen (secondary N) is 2. The second-order valence-electron chi connectivity index (χ2n) is 5.36. The van der Waals surface area contributed by atoms with E-state index in [0.717, 1.165) is 16.8 Å². The summed E-state index contributed by atoms with van der Waals surface area (Å²) in [5.74, 6) is -0.282. The second kappa shape index (κ2) is 7.92. The van der Waals surface area contributed by atoms with Crippen LogP contribution in [0.4, 0.5) is 5.69 Å². The van der Waals surface area contributed by atoms with Crippen molar-refractivity contribution in [2.45, 2.75) is 0 Å². The van der Waals surface area contributed by atoms with E-state index in [-0.39, 0.29) is 11.0 Å². The molecule has 124 valence electrons. The highest BCUT2D eigenvalue weighted by atomic mass is 35.5. The van der Waals surface area contributed by atoms with Gasteiger partial charge < -0.3 is 5.32 Å². The van der Waals surface area contributed by atoms with Crippen LogP contribution in [-0.4, -0.2) is 11.0 Å². The Hall–Kier alpha value is -2.69. The number of hydrogen-bond acceptors (Lipinski definition) is 2. The summed E-state index contributed by atoms with van der Waals surface area (Å²) in [5, 5.41) is 6.48. The third kappa shape index (κ3) is 4.66. The van der Waals surface area contributed by atoms with Gasteiger partial charge in [-0.3, -0.25) is 10.1 Å². The third-order valence-corrected chi connectivity index (χ3v) is 4.04. The van der Waals surface area contributed by atoms with Crippen molar-refractivity contribution in [2.24, 2.45) is 0 Å². The lowest BCUT2D eigenvalue weighted by Gasteiger charge is -2.10. The minimum Gasteiger partial charge on any atom is -0.332 e. The second-order valence-corrected chi connectivity index (χ2v) is 6.20. The molecular formula is C20H15ClN2OS. The highest BCUT2D eigenvalue weighted by molar-refractivity contribution is 7.80. The SMILES string of the molecule is O=C(NC(=S)Nc1ccc(-c2ccccc2)cc1)c1ccc(Cl)cc1. The van der Waals surface area contributed by atoms with Crippen LogP contribution in [0.3, 0.4) is 0 Å². The van der Waals surface area contributed by atoms with Crippen molar-refractivity contribution in [1.29, 1.82) is 0 Å². The van der Waals surface area contributed by atoms with Gasteiger partial charge in [0.15, 0.2) is 5.11 Å². The van der Waals surface area contributed by atoms with Crippen LogP contribution in [0.2, 0.25) is 5.02 Å². The number of anilines is 1. The summed E-state index contributed by atoms with van der Waals surface area (Å²) in [5.41, 5.74) is 3.56. The lowest BCUT2D eigenvalue weighted by atomic mass is 10.1. The first-order valence-electron chi connectivity index (χ1n) is 7.65. The van der Waals surface area contributed by atoms with Crippen LogP contribution in [0, 0.1) is 0 Å². The van der Waals surface area contributed by atoms with Crippen LogP contribution in [-0.2, 0) is 0 Å². The number of carbonyl (C=O) groups excluding carboxylic acids is 1. The molecule has 0 heterocycles. The molecule has 0 saturated heterocycles. The molecule has 3 nitrogen and oxygen atoms in total. The van der Waals surface area contributed by atoms with Gasteiger partial charge in [-0.15, -0.1) is 0 Å². The van der Waals surface area contributed by atoms with Gasteiger partial charge in [0.05, 0.1) is 0 Å². The van der Waals surface area contributed by atoms with Crippen molar-refractivity contribution in [2.75, 3.05) is 5.32 Å². The number of carbonyl (C=O) groups is 1. The van der Waals surface area contributed by atoms with Gasteiger partial charge in [-0.05, 0) is 59.7 Å². The molecule has 0 atom stereocenters. The molecule has 0 aromatic heterocycles. The first-order valence-corrected chi connectivity index (χ1v) is 8.44. The summed E-state index contributed by atoms with van der Waals surface area (Å²) in [7, 11) is 0. The van der Waals surface area contributed by atoms with Crippen LogP contribution in [0.25, 0.3) is 11.1 Å². The number of rotatable bonds is 3. The van der Waals surface area contributed by atoms with Crippen molar-refractivity contribution >= 4 is 40.5 Å². The van der Waals surface area contributed by atoms with E-state index in [4.69, 9.17) is 23.8 Å². The van der Waals surface area contributed by atoms with E-state index in [1.807, 2.05) is 42.5 Å². The standard InChI is InChI=1S/C20H15ClN2OS/c21-17-10-6-16(7-11-17)19(24)23-20(25)22-18-12-8-15(9-13-18)14-4-2-1-3-5-14/h1-13H,(H2,22,23,24,25). The third-order valence-electron chi connectivity index (χ3n) is 3.58. The van der Waals surface area contributed by atoms with E-state index >= 15 is 0 Å². The van der Waals surface area contributed by atoms with Crippen LogP contribution in [0.1, 0.15) is 10.4 Å². The van der Waals surface area contributed by atoms with Crippen LogP contribution in [0.5, 0.6) is 0 Å². The quantitative estimate of drug-likeness (QED) is 0.631. The summed E-state index contributed by atoms with van der Waals surface area (Å²) in [4.78, 5) is 12.1. The molecule has 3 rings (SSSR count). The molecule has 0 aliphatic rings. The lowest BCUT2D eigenvalue weighted by molar-refractivity contribution is 0.0978. The zero-order valence-electron chi connectivity index (χ0n) is 13.2. The minimum absolute atomic E-state index is 0.243. The Morgan fingerprint density at radius 2 is 1.40 bits per heavy atom. The van der Waals surface area contributed by atoms with Gasteiger partial charge in [0.25, 0.3) is 5.91 Å². The molecule has 0 radical (unpaired) electrons. The maximum atomic E-state index is 12.1. The molecule has 3 aromatic carbocycles. The summed E-state index contributed by atoms with van der Waals surface area (Å²) in [6.45, 7) is 0. The predicted molar refractivity (Wildman–Crippen MR) is 107 cm³/mol. The van der Waals surface area contributed by atoms with E-state index in [0.29, 0.717) is 10.6 Å². The highest BCUT2D eigenvalue weighted by Gasteiger charge is 2.08. The average molecular weight is 367 g/mol. The summed E-state index contributed by atoms with van der Waals surface area (Å²) in [6.07, 6.45) is 0. The molecule has 3 aromatic rings. The van der Waals surface area contributed by atoms with E-state index in [1.165, 1.54) is 0 Å². The smallest absolute Gasteiger partial charge is 0.257 e. The maximum absolute atomic E-state index is 12.1. The molecule has 0 aliphatic heterocycles. The molecule has 0 saturated carbocycles. The molecule has 0 aliphatic carbocycles. The number of hydrogen-bond donors (Lipinski definition) is 2.